The predicted octanol–water partition coefficient (Wildman–Crippen LogP) is 4.35. The lowest BCUT2D eigenvalue weighted by Crippen LogP contribution is -2.38. The van der Waals surface area contributed by atoms with E-state index in [2.05, 4.69) is 20.9 Å². The molecular weight excluding hydrogens is 431 g/mol. The van der Waals surface area contributed by atoms with Gasteiger partial charge in [0.2, 0.25) is 0 Å². The van der Waals surface area contributed by atoms with Gasteiger partial charge in [-0.25, -0.2) is 4.79 Å². The molecule has 1 aromatic rings. The Labute approximate surface area is 184 Å². The predicted molar refractivity (Wildman–Crippen MR) is 116 cm³/mol. The molecule has 160 valence electrons. The summed E-state index contributed by atoms with van der Waals surface area (Å²) in [5.41, 5.74) is 9.19. The maximum absolute atomic E-state index is 12.0. The smallest absolute Gasteiger partial charge is 0.343 e. The second-order valence-electron chi connectivity index (χ2n) is 6.21. The quantitative estimate of drug-likeness (QED) is 0.264. The maximum atomic E-state index is 12.0. The molecule has 1 aliphatic carbocycles. The molecule has 11 heteroatoms. The van der Waals surface area contributed by atoms with Gasteiger partial charge in [0.25, 0.3) is 0 Å². The summed E-state index contributed by atoms with van der Waals surface area (Å²) in [7, 11) is 2.81. The number of nitrogens with zero attached hydrogens (tertiary/aromatic N) is 4. The second-order valence-corrected chi connectivity index (χ2v) is 7.15. The first-order valence-electron chi connectivity index (χ1n) is 8.86. The van der Waals surface area contributed by atoms with Gasteiger partial charge in [-0.3, -0.25) is 0 Å². The molecule has 30 heavy (non-hydrogen) atoms. The molecule has 0 bridgehead atoms. The largest absolute Gasteiger partial charge is 0.399 e. The molecule has 1 aliphatic rings. The van der Waals surface area contributed by atoms with Crippen molar-refractivity contribution in [1.82, 2.24) is 10.3 Å². The van der Waals surface area contributed by atoms with Crippen molar-refractivity contribution in [3.63, 3.8) is 0 Å². The van der Waals surface area contributed by atoms with Gasteiger partial charge in [-0.05, 0) is 25.1 Å². The van der Waals surface area contributed by atoms with Gasteiger partial charge in [-0.15, -0.1) is 11.6 Å². The molecule has 0 aliphatic heterocycles. The first-order chi connectivity index (χ1) is 14.4. The number of benzene rings is 1. The van der Waals surface area contributed by atoms with Crippen molar-refractivity contribution < 1.29 is 14.5 Å². The maximum Gasteiger partial charge on any atom is 0.343 e. The van der Waals surface area contributed by atoms with Crippen molar-refractivity contribution in [3.8, 4) is 0 Å². The summed E-state index contributed by atoms with van der Waals surface area (Å²) in [6.07, 6.45) is 5.23. The third-order valence-electron chi connectivity index (χ3n) is 4.15. The Balaban J connectivity index is 2.10. The number of amides is 2. The molecule has 2 unspecified atom stereocenters. The SMILES string of the molecule is CON=C(C(C)=NOCC1C(NC(=O)N(C)N=N)=CC=CC1Cl)c1ccc(Cl)cc1. The number of urea groups is 1. The Morgan fingerprint density at radius 2 is 2.00 bits per heavy atom. The minimum atomic E-state index is -0.558. The number of rotatable bonds is 8. The fourth-order valence-corrected chi connectivity index (χ4v) is 2.96. The minimum Gasteiger partial charge on any atom is -0.399 e. The number of hydrogen-bond acceptors (Lipinski definition) is 7. The highest BCUT2D eigenvalue weighted by molar-refractivity contribution is 6.47. The van der Waals surface area contributed by atoms with Gasteiger partial charge in [-0.2, -0.15) is 10.5 Å². The van der Waals surface area contributed by atoms with E-state index >= 15 is 0 Å². The van der Waals surface area contributed by atoms with Crippen LogP contribution >= 0.6 is 23.2 Å². The van der Waals surface area contributed by atoms with Gasteiger partial charge >= 0.3 is 6.03 Å². The number of allylic oxidation sites excluding steroid dienone is 3. The van der Waals surface area contributed by atoms with Crippen molar-refractivity contribution >= 4 is 40.7 Å². The van der Waals surface area contributed by atoms with Crippen LogP contribution in [0.4, 0.5) is 4.79 Å². The monoisotopic (exact) mass is 452 g/mol. The van der Waals surface area contributed by atoms with Crippen LogP contribution in [0.15, 0.2) is 63.7 Å². The van der Waals surface area contributed by atoms with E-state index in [1.165, 1.54) is 14.2 Å². The van der Waals surface area contributed by atoms with Crippen molar-refractivity contribution in [2.45, 2.75) is 12.3 Å². The van der Waals surface area contributed by atoms with Gasteiger partial charge in [0.1, 0.15) is 25.1 Å². The van der Waals surface area contributed by atoms with Crippen molar-refractivity contribution in [2.75, 3.05) is 20.8 Å². The standard InChI is InChI=1S/C19H22Cl2N6O3/c1-12(18(25-29-3)13-7-9-14(20)10-8-13)24-30-11-15-16(21)5-4-6-17(15)23-19(28)27(2)26-22/h4-10,15-16,22H,11H2,1-3H3,(H,23,28). The van der Waals surface area contributed by atoms with Crippen LogP contribution in [0.5, 0.6) is 0 Å². The lowest BCUT2D eigenvalue weighted by Gasteiger charge is -2.25. The van der Waals surface area contributed by atoms with Crippen LogP contribution in [0.1, 0.15) is 12.5 Å². The molecule has 9 nitrogen and oxygen atoms in total. The molecule has 2 atom stereocenters. The average molecular weight is 453 g/mol. The number of nitrogens with one attached hydrogen (secondary N) is 2. The van der Waals surface area contributed by atoms with E-state index in [9.17, 15) is 4.79 Å². The second kappa shape index (κ2) is 11.3. The van der Waals surface area contributed by atoms with Crippen molar-refractivity contribution in [3.05, 3.63) is 58.8 Å². The molecule has 0 saturated heterocycles. The zero-order valence-electron chi connectivity index (χ0n) is 16.7. The van der Waals surface area contributed by atoms with Crippen LogP contribution in [-0.2, 0) is 9.68 Å². The highest BCUT2D eigenvalue weighted by atomic mass is 35.5. The van der Waals surface area contributed by atoms with Crippen LogP contribution in [0.25, 0.3) is 0 Å². The Morgan fingerprint density at radius 1 is 1.30 bits per heavy atom. The molecule has 1 aromatic carbocycles. The van der Waals surface area contributed by atoms with E-state index < -0.39 is 11.4 Å². The van der Waals surface area contributed by atoms with E-state index in [0.717, 1.165) is 10.6 Å². The molecular formula is C19H22Cl2N6O3. The zero-order valence-corrected chi connectivity index (χ0v) is 18.2. The number of carbonyl (C=O) groups excluding carboxylic acids is 1. The van der Waals surface area contributed by atoms with Crippen LogP contribution in [0.2, 0.25) is 5.02 Å². The highest BCUT2D eigenvalue weighted by Gasteiger charge is 2.27. The average Bonchev–Trinajstić information content (AvgIpc) is 2.73. The topological polar surface area (TPSA) is 112 Å². The van der Waals surface area contributed by atoms with Gasteiger partial charge in [-0.1, -0.05) is 51.4 Å². The van der Waals surface area contributed by atoms with Gasteiger partial charge in [0.05, 0.1) is 11.3 Å². The third-order valence-corrected chi connectivity index (χ3v) is 4.85. The Morgan fingerprint density at radius 3 is 2.63 bits per heavy atom. The lowest BCUT2D eigenvalue weighted by atomic mass is 9.97. The Hall–Kier alpha value is -2.91. The molecule has 2 rings (SSSR count). The molecule has 0 saturated carbocycles. The van der Waals surface area contributed by atoms with Crippen LogP contribution in [0.3, 0.4) is 0 Å². The number of carbonyl (C=O) groups is 1. The summed E-state index contributed by atoms with van der Waals surface area (Å²) in [6.45, 7) is 1.83. The van der Waals surface area contributed by atoms with Gasteiger partial charge in [0.15, 0.2) is 0 Å². The number of oxime groups is 2. The van der Waals surface area contributed by atoms with Crippen LogP contribution in [-0.4, -0.2) is 48.6 Å². The molecule has 0 heterocycles. The minimum absolute atomic E-state index is 0.102. The third kappa shape index (κ3) is 6.30. The van der Waals surface area contributed by atoms with E-state index in [-0.39, 0.29) is 12.5 Å². The van der Waals surface area contributed by atoms with Gasteiger partial charge < -0.3 is 15.0 Å². The molecule has 0 fully saturated rings. The van der Waals surface area contributed by atoms with Crippen molar-refractivity contribution in [1.29, 1.82) is 5.53 Å². The van der Waals surface area contributed by atoms with E-state index in [0.29, 0.717) is 22.1 Å². The van der Waals surface area contributed by atoms with Crippen LogP contribution < -0.4 is 5.32 Å². The Kier molecular flexibility index (Phi) is 8.82. The fourth-order valence-electron chi connectivity index (χ4n) is 2.54. The summed E-state index contributed by atoms with van der Waals surface area (Å²) in [5.74, 6) is -0.366. The first kappa shape index (κ1) is 23.4. The van der Waals surface area contributed by atoms with E-state index in [1.807, 2.05) is 0 Å². The summed E-state index contributed by atoms with van der Waals surface area (Å²) >= 11 is 12.3. The van der Waals surface area contributed by atoms with Gasteiger partial charge in [0, 0.05) is 23.3 Å². The number of halogens is 2. The number of alkyl halides is 1. The highest BCUT2D eigenvalue weighted by Crippen LogP contribution is 2.24. The fraction of sp³-hybridized carbons (Fsp3) is 0.316. The zero-order chi connectivity index (χ0) is 22.1. The molecule has 2 N–H and O–H groups in total. The van der Waals surface area contributed by atoms with Crippen LogP contribution in [0, 0.1) is 11.4 Å². The summed E-state index contributed by atoms with van der Waals surface area (Å²) in [5, 5.41) is 14.9. The van der Waals surface area contributed by atoms with E-state index in [4.69, 9.17) is 38.4 Å². The summed E-state index contributed by atoms with van der Waals surface area (Å²) in [6, 6.07) is 6.51. The Bertz CT molecular complexity index is 883. The lowest BCUT2D eigenvalue weighted by molar-refractivity contribution is 0.117. The van der Waals surface area contributed by atoms with E-state index in [1.54, 1.807) is 49.4 Å². The number of hydrogen-bond donors (Lipinski definition) is 2. The molecule has 0 spiro atoms. The normalized spacial score (nSPS) is 19.0. The first-order valence-corrected chi connectivity index (χ1v) is 9.67. The molecule has 0 aromatic heterocycles. The summed E-state index contributed by atoms with van der Waals surface area (Å²) in [4.78, 5) is 22.4. The molecule has 2 amide bonds. The summed E-state index contributed by atoms with van der Waals surface area (Å²) < 4.78 is 0. The molecule has 0 radical (unpaired) electrons. The van der Waals surface area contributed by atoms with Crippen molar-refractivity contribution in [2.24, 2.45) is 21.5 Å².